The maximum Gasteiger partial charge on any atom is 0.161 e. The summed E-state index contributed by atoms with van der Waals surface area (Å²) in [6, 6.07) is 9.73. The van der Waals surface area contributed by atoms with Gasteiger partial charge in [0.15, 0.2) is 11.6 Å². The van der Waals surface area contributed by atoms with Gasteiger partial charge in [-0.05, 0) is 15.9 Å². The summed E-state index contributed by atoms with van der Waals surface area (Å²) in [4.78, 5) is 8.47. The van der Waals surface area contributed by atoms with E-state index in [2.05, 4.69) is 31.3 Å². The molecule has 0 unspecified atom stereocenters. The molecular formula is C10H9BrN4. The van der Waals surface area contributed by atoms with Crippen LogP contribution < -0.4 is 11.3 Å². The summed E-state index contributed by atoms with van der Waals surface area (Å²) in [5.74, 6) is 6.55. The predicted octanol–water partition coefficient (Wildman–Crippen LogP) is 2.19. The molecule has 5 heteroatoms. The van der Waals surface area contributed by atoms with Gasteiger partial charge in [-0.25, -0.2) is 15.8 Å². The van der Waals surface area contributed by atoms with Crippen LogP contribution in [0, 0.1) is 0 Å². The quantitative estimate of drug-likeness (QED) is 0.645. The highest BCUT2D eigenvalue weighted by molar-refractivity contribution is 9.10. The standard InChI is InChI=1S/C10H9BrN4/c11-8-6-13-9(14-10(8)15-12)7-4-2-1-3-5-7/h1-6H,12H2,(H,13,14,15). The number of anilines is 1. The molecule has 3 N–H and O–H groups in total. The molecule has 0 fully saturated rings. The second-order valence-electron chi connectivity index (χ2n) is 2.90. The molecule has 0 amide bonds. The van der Waals surface area contributed by atoms with Crippen LogP contribution in [0.25, 0.3) is 11.4 Å². The lowest BCUT2D eigenvalue weighted by molar-refractivity contribution is 1.13. The highest BCUT2D eigenvalue weighted by Gasteiger charge is 2.04. The second-order valence-corrected chi connectivity index (χ2v) is 3.75. The van der Waals surface area contributed by atoms with E-state index in [4.69, 9.17) is 5.84 Å². The average Bonchev–Trinajstić information content (AvgIpc) is 2.31. The van der Waals surface area contributed by atoms with Gasteiger partial charge in [0.2, 0.25) is 0 Å². The van der Waals surface area contributed by atoms with E-state index in [1.165, 1.54) is 0 Å². The zero-order valence-electron chi connectivity index (χ0n) is 7.81. The van der Waals surface area contributed by atoms with Crippen LogP contribution in [-0.2, 0) is 0 Å². The molecule has 1 aromatic heterocycles. The van der Waals surface area contributed by atoms with Crippen molar-refractivity contribution in [2.75, 3.05) is 5.43 Å². The molecule has 0 saturated carbocycles. The van der Waals surface area contributed by atoms with Crippen molar-refractivity contribution in [1.82, 2.24) is 9.97 Å². The van der Waals surface area contributed by atoms with Gasteiger partial charge in [-0.15, -0.1) is 0 Å². The summed E-state index contributed by atoms with van der Waals surface area (Å²) in [6.07, 6.45) is 1.67. The molecule has 0 aliphatic heterocycles. The lowest BCUT2D eigenvalue weighted by Gasteiger charge is -2.04. The van der Waals surface area contributed by atoms with Crippen LogP contribution in [0.3, 0.4) is 0 Å². The Bertz CT molecular complexity index is 458. The normalized spacial score (nSPS) is 10.0. The third kappa shape index (κ3) is 2.14. The Morgan fingerprint density at radius 3 is 2.60 bits per heavy atom. The molecule has 0 spiro atoms. The Balaban J connectivity index is 2.46. The Morgan fingerprint density at radius 2 is 1.93 bits per heavy atom. The summed E-state index contributed by atoms with van der Waals surface area (Å²) in [7, 11) is 0. The van der Waals surface area contributed by atoms with Crippen molar-refractivity contribution in [3.05, 3.63) is 41.0 Å². The highest BCUT2D eigenvalue weighted by Crippen LogP contribution is 2.21. The third-order valence-corrected chi connectivity index (χ3v) is 2.49. The number of nitrogens with zero attached hydrogens (tertiary/aromatic N) is 2. The number of nitrogen functional groups attached to an aromatic ring is 1. The van der Waals surface area contributed by atoms with Crippen LogP contribution in [0.2, 0.25) is 0 Å². The molecule has 2 rings (SSSR count). The predicted molar refractivity (Wildman–Crippen MR) is 63.0 cm³/mol. The first-order valence-corrected chi connectivity index (χ1v) is 5.15. The van der Waals surface area contributed by atoms with Crippen LogP contribution in [-0.4, -0.2) is 9.97 Å². The Labute approximate surface area is 95.7 Å². The van der Waals surface area contributed by atoms with Crippen molar-refractivity contribution in [1.29, 1.82) is 0 Å². The summed E-state index contributed by atoms with van der Waals surface area (Å²) in [5, 5.41) is 0. The Morgan fingerprint density at radius 1 is 1.20 bits per heavy atom. The highest BCUT2D eigenvalue weighted by atomic mass is 79.9. The van der Waals surface area contributed by atoms with Gasteiger partial charge in [-0.2, -0.15) is 0 Å². The molecule has 0 bridgehead atoms. The zero-order chi connectivity index (χ0) is 10.7. The lowest BCUT2D eigenvalue weighted by Crippen LogP contribution is -2.10. The van der Waals surface area contributed by atoms with Gasteiger partial charge in [0.25, 0.3) is 0 Å². The molecule has 76 valence electrons. The minimum absolute atomic E-state index is 0.573. The number of benzene rings is 1. The van der Waals surface area contributed by atoms with Crippen LogP contribution >= 0.6 is 15.9 Å². The first kappa shape index (κ1) is 10.1. The number of rotatable bonds is 2. The number of hydrazine groups is 1. The fourth-order valence-electron chi connectivity index (χ4n) is 1.19. The van der Waals surface area contributed by atoms with Gasteiger partial charge in [-0.1, -0.05) is 30.3 Å². The molecule has 0 radical (unpaired) electrons. The zero-order valence-corrected chi connectivity index (χ0v) is 9.40. The van der Waals surface area contributed by atoms with Crippen molar-refractivity contribution in [2.45, 2.75) is 0 Å². The molecule has 0 atom stereocenters. The van der Waals surface area contributed by atoms with Gasteiger partial charge in [0.1, 0.15) is 0 Å². The van der Waals surface area contributed by atoms with Crippen LogP contribution in [0.1, 0.15) is 0 Å². The SMILES string of the molecule is NNc1nc(-c2ccccc2)ncc1Br. The molecule has 4 nitrogen and oxygen atoms in total. The number of nitrogens with one attached hydrogen (secondary N) is 1. The molecule has 2 aromatic rings. The van der Waals surface area contributed by atoms with Gasteiger partial charge in [0, 0.05) is 11.8 Å². The van der Waals surface area contributed by atoms with Gasteiger partial charge in [0.05, 0.1) is 4.47 Å². The summed E-state index contributed by atoms with van der Waals surface area (Å²) < 4.78 is 0.740. The summed E-state index contributed by atoms with van der Waals surface area (Å²) >= 11 is 3.30. The van der Waals surface area contributed by atoms with Crippen molar-refractivity contribution >= 4 is 21.7 Å². The van der Waals surface area contributed by atoms with Crippen molar-refractivity contribution in [3.8, 4) is 11.4 Å². The van der Waals surface area contributed by atoms with Crippen molar-refractivity contribution < 1.29 is 0 Å². The van der Waals surface area contributed by atoms with E-state index in [1.807, 2.05) is 30.3 Å². The molecule has 0 aliphatic carbocycles. The van der Waals surface area contributed by atoms with E-state index < -0.39 is 0 Å². The molecule has 0 saturated heterocycles. The Kier molecular flexibility index (Phi) is 2.94. The minimum Gasteiger partial charge on any atom is -0.307 e. The van der Waals surface area contributed by atoms with E-state index in [1.54, 1.807) is 6.20 Å². The van der Waals surface area contributed by atoms with Crippen LogP contribution in [0.4, 0.5) is 5.82 Å². The molecule has 0 aliphatic rings. The molecular weight excluding hydrogens is 256 g/mol. The van der Waals surface area contributed by atoms with Gasteiger partial charge >= 0.3 is 0 Å². The molecule has 1 aromatic carbocycles. The number of aromatic nitrogens is 2. The number of halogens is 1. The second kappa shape index (κ2) is 4.37. The molecule has 15 heavy (non-hydrogen) atoms. The third-order valence-electron chi connectivity index (χ3n) is 1.91. The summed E-state index contributed by atoms with van der Waals surface area (Å²) in [6.45, 7) is 0. The van der Waals surface area contributed by atoms with Crippen molar-refractivity contribution in [3.63, 3.8) is 0 Å². The van der Waals surface area contributed by atoms with E-state index in [0.717, 1.165) is 10.0 Å². The molecule has 1 heterocycles. The van der Waals surface area contributed by atoms with Crippen molar-refractivity contribution in [2.24, 2.45) is 5.84 Å². The van der Waals surface area contributed by atoms with Crippen LogP contribution in [0.15, 0.2) is 41.0 Å². The maximum atomic E-state index is 5.33. The summed E-state index contributed by atoms with van der Waals surface area (Å²) in [5.41, 5.74) is 3.47. The lowest BCUT2D eigenvalue weighted by atomic mass is 10.2. The monoisotopic (exact) mass is 264 g/mol. The van der Waals surface area contributed by atoms with E-state index >= 15 is 0 Å². The van der Waals surface area contributed by atoms with Gasteiger partial charge < -0.3 is 5.43 Å². The maximum absolute atomic E-state index is 5.33. The first-order valence-electron chi connectivity index (χ1n) is 4.36. The number of hydrogen-bond donors (Lipinski definition) is 2. The van der Waals surface area contributed by atoms with E-state index in [0.29, 0.717) is 11.6 Å². The fourth-order valence-corrected chi connectivity index (χ4v) is 1.50. The average molecular weight is 265 g/mol. The Hall–Kier alpha value is -1.46. The first-order chi connectivity index (χ1) is 7.31. The number of hydrogen-bond acceptors (Lipinski definition) is 4. The number of nitrogens with two attached hydrogens (primary N) is 1. The minimum atomic E-state index is 0.573. The van der Waals surface area contributed by atoms with E-state index in [9.17, 15) is 0 Å². The van der Waals surface area contributed by atoms with Crippen LogP contribution in [0.5, 0.6) is 0 Å². The topological polar surface area (TPSA) is 63.8 Å². The van der Waals surface area contributed by atoms with E-state index in [-0.39, 0.29) is 0 Å². The smallest absolute Gasteiger partial charge is 0.161 e. The van der Waals surface area contributed by atoms with Gasteiger partial charge in [-0.3, -0.25) is 0 Å². The fraction of sp³-hybridized carbons (Fsp3) is 0. The largest absolute Gasteiger partial charge is 0.307 e.